The summed E-state index contributed by atoms with van der Waals surface area (Å²) >= 11 is 0. The molecule has 0 spiro atoms. The summed E-state index contributed by atoms with van der Waals surface area (Å²) in [5.41, 5.74) is 2.57. The van der Waals surface area contributed by atoms with Crippen LogP contribution in [0.3, 0.4) is 0 Å². The van der Waals surface area contributed by atoms with E-state index in [1.807, 2.05) is 0 Å². The maximum atomic E-state index is 10.4. The van der Waals surface area contributed by atoms with Crippen LogP contribution in [0.2, 0.25) is 0 Å². The number of piperidine rings is 3. The van der Waals surface area contributed by atoms with Crippen molar-refractivity contribution in [2.24, 2.45) is 5.92 Å². The lowest BCUT2D eigenvalue weighted by atomic mass is 9.78. The van der Waals surface area contributed by atoms with E-state index < -0.39 is 0 Å². The second kappa shape index (κ2) is 5.14. The van der Waals surface area contributed by atoms with Gasteiger partial charge in [0.15, 0.2) is 0 Å². The zero-order valence-electron chi connectivity index (χ0n) is 11.9. The van der Waals surface area contributed by atoms with Gasteiger partial charge in [0.05, 0.1) is 6.10 Å². The van der Waals surface area contributed by atoms with Crippen molar-refractivity contribution in [2.75, 3.05) is 32.1 Å². The predicted octanol–water partition coefficient (Wildman–Crippen LogP) is 1.75. The Morgan fingerprint density at radius 1 is 1.16 bits per heavy atom. The normalized spacial score (nSPS) is 33.4. The number of anilines is 1. The lowest BCUT2D eigenvalue weighted by Crippen LogP contribution is -2.58. The summed E-state index contributed by atoms with van der Waals surface area (Å²) in [6.07, 6.45) is 3.20. The number of hydrogen-bond donors (Lipinski definition) is 1. The first-order valence-corrected chi connectivity index (χ1v) is 7.33. The molecule has 0 aromatic heterocycles. The molecular weight excluding hydrogens is 236 g/mol. The van der Waals surface area contributed by atoms with Crippen LogP contribution < -0.4 is 4.90 Å². The molecule has 0 aliphatic carbocycles. The lowest BCUT2D eigenvalue weighted by Gasteiger charge is -2.49. The van der Waals surface area contributed by atoms with Gasteiger partial charge in [-0.25, -0.2) is 0 Å². The van der Waals surface area contributed by atoms with Gasteiger partial charge < -0.3 is 10.0 Å². The molecule has 3 heteroatoms. The molecule has 1 aromatic rings. The minimum absolute atomic E-state index is 0.129. The third-order valence-electron chi connectivity index (χ3n) is 4.82. The SMILES string of the molecule is CN(C)c1ccc(CC2C(O)C3CCN2CC3)cc1. The molecule has 2 unspecified atom stereocenters. The Morgan fingerprint density at radius 3 is 2.32 bits per heavy atom. The van der Waals surface area contributed by atoms with E-state index in [0.717, 1.165) is 6.42 Å². The van der Waals surface area contributed by atoms with Gasteiger partial charge in [0.1, 0.15) is 0 Å². The molecule has 3 fully saturated rings. The van der Waals surface area contributed by atoms with Crippen molar-refractivity contribution in [1.29, 1.82) is 0 Å². The Kier molecular flexibility index (Phi) is 3.50. The molecule has 3 saturated heterocycles. The molecule has 4 rings (SSSR count). The fourth-order valence-corrected chi connectivity index (χ4v) is 3.54. The number of nitrogens with zero attached hydrogens (tertiary/aromatic N) is 2. The molecule has 0 amide bonds. The highest BCUT2D eigenvalue weighted by atomic mass is 16.3. The number of rotatable bonds is 3. The van der Waals surface area contributed by atoms with Crippen molar-refractivity contribution in [3.8, 4) is 0 Å². The van der Waals surface area contributed by atoms with Gasteiger partial charge in [-0.3, -0.25) is 4.90 Å². The summed E-state index contributed by atoms with van der Waals surface area (Å²) in [4.78, 5) is 4.59. The molecule has 0 saturated carbocycles. The van der Waals surface area contributed by atoms with Crippen molar-refractivity contribution in [3.63, 3.8) is 0 Å². The quantitative estimate of drug-likeness (QED) is 0.897. The summed E-state index contributed by atoms with van der Waals surface area (Å²) in [6, 6.07) is 9.06. The van der Waals surface area contributed by atoms with Crippen LogP contribution >= 0.6 is 0 Å². The summed E-state index contributed by atoms with van der Waals surface area (Å²) in [5, 5.41) is 10.4. The molecule has 104 valence electrons. The summed E-state index contributed by atoms with van der Waals surface area (Å²) < 4.78 is 0. The Hall–Kier alpha value is -1.06. The third-order valence-corrected chi connectivity index (χ3v) is 4.82. The first-order valence-electron chi connectivity index (χ1n) is 7.33. The maximum Gasteiger partial charge on any atom is 0.0727 e. The molecule has 1 aromatic carbocycles. The molecule has 1 N–H and O–H groups in total. The Labute approximate surface area is 115 Å². The van der Waals surface area contributed by atoms with Crippen LogP contribution in [0.1, 0.15) is 18.4 Å². The highest BCUT2D eigenvalue weighted by Crippen LogP contribution is 2.33. The first-order chi connectivity index (χ1) is 9.15. The average Bonchev–Trinajstić information content (AvgIpc) is 2.44. The van der Waals surface area contributed by atoms with Crippen LogP contribution in [-0.4, -0.2) is 49.3 Å². The zero-order valence-corrected chi connectivity index (χ0v) is 11.9. The summed E-state index contributed by atoms with van der Waals surface area (Å²) in [6.45, 7) is 2.34. The molecular formula is C16H24N2O. The van der Waals surface area contributed by atoms with Gasteiger partial charge in [0.2, 0.25) is 0 Å². The highest BCUT2D eigenvalue weighted by molar-refractivity contribution is 5.46. The van der Waals surface area contributed by atoms with Gasteiger partial charge >= 0.3 is 0 Å². The van der Waals surface area contributed by atoms with Gasteiger partial charge in [-0.15, -0.1) is 0 Å². The van der Waals surface area contributed by atoms with Gasteiger partial charge in [-0.05, 0) is 56.0 Å². The van der Waals surface area contributed by atoms with Gasteiger partial charge in [-0.1, -0.05) is 12.1 Å². The minimum atomic E-state index is -0.129. The predicted molar refractivity (Wildman–Crippen MR) is 78.6 cm³/mol. The van der Waals surface area contributed by atoms with Crippen molar-refractivity contribution in [1.82, 2.24) is 4.90 Å². The van der Waals surface area contributed by atoms with Crippen LogP contribution in [0, 0.1) is 5.92 Å². The number of hydrogen-bond acceptors (Lipinski definition) is 3. The van der Waals surface area contributed by atoms with Crippen molar-refractivity contribution in [3.05, 3.63) is 29.8 Å². The fraction of sp³-hybridized carbons (Fsp3) is 0.625. The third kappa shape index (κ3) is 2.49. The van der Waals surface area contributed by atoms with E-state index >= 15 is 0 Å². The van der Waals surface area contributed by atoms with E-state index in [1.165, 1.54) is 37.2 Å². The standard InChI is InChI=1S/C16H24N2O/c1-17(2)14-5-3-12(4-6-14)11-15-16(19)13-7-9-18(15)10-8-13/h3-6,13,15-16,19H,7-11H2,1-2H3. The van der Waals surface area contributed by atoms with Crippen LogP contribution in [0.15, 0.2) is 24.3 Å². The van der Waals surface area contributed by atoms with E-state index in [0.29, 0.717) is 12.0 Å². The van der Waals surface area contributed by atoms with E-state index in [1.54, 1.807) is 0 Å². The summed E-state index contributed by atoms with van der Waals surface area (Å²) in [5.74, 6) is 0.538. The Balaban J connectivity index is 1.70. The number of benzene rings is 1. The largest absolute Gasteiger partial charge is 0.391 e. The number of fused-ring (bicyclic) bond motifs is 3. The molecule has 0 radical (unpaired) electrons. The number of aliphatic hydroxyl groups is 1. The monoisotopic (exact) mass is 260 g/mol. The van der Waals surface area contributed by atoms with Crippen LogP contribution in [0.5, 0.6) is 0 Å². The second-order valence-corrected chi connectivity index (χ2v) is 6.20. The Bertz CT molecular complexity index is 419. The smallest absolute Gasteiger partial charge is 0.0727 e. The van der Waals surface area contributed by atoms with E-state index in [4.69, 9.17) is 0 Å². The van der Waals surface area contributed by atoms with Crippen molar-refractivity contribution in [2.45, 2.75) is 31.4 Å². The van der Waals surface area contributed by atoms with E-state index in [2.05, 4.69) is 48.2 Å². The molecule has 19 heavy (non-hydrogen) atoms. The molecule has 3 nitrogen and oxygen atoms in total. The average molecular weight is 260 g/mol. The molecule has 3 aliphatic rings. The van der Waals surface area contributed by atoms with Crippen LogP contribution in [0.25, 0.3) is 0 Å². The molecule has 3 heterocycles. The zero-order chi connectivity index (χ0) is 13.4. The maximum absolute atomic E-state index is 10.4. The van der Waals surface area contributed by atoms with Gasteiger partial charge in [-0.2, -0.15) is 0 Å². The van der Waals surface area contributed by atoms with Crippen LogP contribution in [-0.2, 0) is 6.42 Å². The lowest BCUT2D eigenvalue weighted by molar-refractivity contribution is -0.0715. The molecule has 3 aliphatic heterocycles. The van der Waals surface area contributed by atoms with E-state index in [-0.39, 0.29) is 6.10 Å². The van der Waals surface area contributed by atoms with Gasteiger partial charge in [0.25, 0.3) is 0 Å². The summed E-state index contributed by atoms with van der Waals surface area (Å²) in [7, 11) is 4.12. The van der Waals surface area contributed by atoms with Crippen LogP contribution in [0.4, 0.5) is 5.69 Å². The van der Waals surface area contributed by atoms with Crippen molar-refractivity contribution >= 4 is 5.69 Å². The second-order valence-electron chi connectivity index (χ2n) is 6.20. The molecule has 2 atom stereocenters. The first kappa shape index (κ1) is 12.9. The topological polar surface area (TPSA) is 26.7 Å². The van der Waals surface area contributed by atoms with Crippen molar-refractivity contribution < 1.29 is 5.11 Å². The van der Waals surface area contributed by atoms with E-state index in [9.17, 15) is 5.11 Å². The Morgan fingerprint density at radius 2 is 1.79 bits per heavy atom. The number of aliphatic hydroxyl groups excluding tert-OH is 1. The fourth-order valence-electron chi connectivity index (χ4n) is 3.54. The van der Waals surface area contributed by atoms with Gasteiger partial charge in [0, 0.05) is 25.8 Å². The molecule has 2 bridgehead atoms. The highest BCUT2D eigenvalue weighted by Gasteiger charge is 2.40. The minimum Gasteiger partial charge on any atom is -0.391 e.